The SMILES string of the molecule is CCCCCCCCSC(CCCCCC)C(=O)OCCCCCCNCCO. The molecule has 0 fully saturated rings. The van der Waals surface area contributed by atoms with E-state index in [9.17, 15) is 4.79 Å². The summed E-state index contributed by atoms with van der Waals surface area (Å²) in [5, 5.41) is 11.9. The van der Waals surface area contributed by atoms with Gasteiger partial charge in [-0.05, 0) is 38.0 Å². The van der Waals surface area contributed by atoms with E-state index in [4.69, 9.17) is 9.84 Å². The van der Waals surface area contributed by atoms with Gasteiger partial charge in [0.25, 0.3) is 0 Å². The molecule has 0 aromatic rings. The smallest absolute Gasteiger partial charge is 0.319 e. The van der Waals surface area contributed by atoms with Gasteiger partial charge in [0.2, 0.25) is 0 Å². The first-order valence-electron chi connectivity index (χ1n) is 12.4. The Kier molecular flexibility index (Phi) is 23.8. The molecule has 1 unspecified atom stereocenters. The van der Waals surface area contributed by atoms with Gasteiger partial charge < -0.3 is 15.2 Å². The van der Waals surface area contributed by atoms with Crippen molar-refractivity contribution in [3.8, 4) is 0 Å². The molecule has 1 atom stereocenters. The fraction of sp³-hybridized carbons (Fsp3) is 0.958. The molecule has 0 rings (SSSR count). The van der Waals surface area contributed by atoms with Gasteiger partial charge in [-0.15, -0.1) is 11.8 Å². The Balaban J connectivity index is 3.91. The number of aliphatic hydroxyl groups is 1. The summed E-state index contributed by atoms with van der Waals surface area (Å²) >= 11 is 1.83. The number of ether oxygens (including phenoxy) is 1. The highest BCUT2D eigenvalue weighted by Crippen LogP contribution is 2.22. The van der Waals surface area contributed by atoms with E-state index < -0.39 is 0 Å². The summed E-state index contributed by atoms with van der Waals surface area (Å²) in [7, 11) is 0. The maximum absolute atomic E-state index is 12.5. The van der Waals surface area contributed by atoms with Crippen LogP contribution < -0.4 is 5.32 Å². The maximum Gasteiger partial charge on any atom is 0.319 e. The van der Waals surface area contributed by atoms with Gasteiger partial charge in [-0.2, -0.15) is 0 Å². The topological polar surface area (TPSA) is 58.6 Å². The summed E-state index contributed by atoms with van der Waals surface area (Å²) in [6.45, 7) is 6.87. The number of nitrogens with one attached hydrogen (secondary N) is 1. The molecule has 174 valence electrons. The van der Waals surface area contributed by atoms with E-state index in [0.29, 0.717) is 13.2 Å². The molecule has 0 aliphatic carbocycles. The third-order valence-electron chi connectivity index (χ3n) is 5.18. The second-order valence-corrected chi connectivity index (χ2v) is 9.34. The molecule has 2 N–H and O–H groups in total. The Labute approximate surface area is 185 Å². The molecule has 4 nitrogen and oxygen atoms in total. The lowest BCUT2D eigenvalue weighted by atomic mass is 10.1. The van der Waals surface area contributed by atoms with Gasteiger partial charge in [0.05, 0.1) is 13.2 Å². The van der Waals surface area contributed by atoms with Gasteiger partial charge in [0, 0.05) is 6.54 Å². The minimum absolute atomic E-state index is 0.0158. The first-order valence-corrected chi connectivity index (χ1v) is 13.4. The van der Waals surface area contributed by atoms with Crippen LogP contribution in [0.15, 0.2) is 0 Å². The van der Waals surface area contributed by atoms with Gasteiger partial charge in [-0.25, -0.2) is 0 Å². The number of carbonyl (C=O) groups excluding carboxylic acids is 1. The average Bonchev–Trinajstić information content (AvgIpc) is 2.73. The van der Waals surface area contributed by atoms with Gasteiger partial charge in [-0.1, -0.05) is 84.5 Å². The van der Waals surface area contributed by atoms with E-state index in [-0.39, 0.29) is 17.8 Å². The van der Waals surface area contributed by atoms with Crippen molar-refractivity contribution in [3.63, 3.8) is 0 Å². The van der Waals surface area contributed by atoms with Crippen LogP contribution in [-0.4, -0.2) is 48.4 Å². The highest BCUT2D eigenvalue weighted by Gasteiger charge is 2.19. The second kappa shape index (κ2) is 24.0. The Morgan fingerprint density at radius 3 is 2.17 bits per heavy atom. The van der Waals surface area contributed by atoms with Crippen molar-refractivity contribution in [2.45, 2.75) is 115 Å². The first-order chi connectivity index (χ1) is 14.3. The molecule has 0 radical (unpaired) electrons. The Morgan fingerprint density at radius 1 is 0.828 bits per heavy atom. The van der Waals surface area contributed by atoms with Crippen LogP contribution >= 0.6 is 11.8 Å². The van der Waals surface area contributed by atoms with E-state index in [1.807, 2.05) is 11.8 Å². The molecule has 5 heteroatoms. The molecule has 0 aromatic carbocycles. The van der Waals surface area contributed by atoms with Crippen molar-refractivity contribution in [1.82, 2.24) is 5.32 Å². The lowest BCUT2D eigenvalue weighted by molar-refractivity contribution is -0.143. The summed E-state index contributed by atoms with van der Waals surface area (Å²) in [5.41, 5.74) is 0. The zero-order valence-corrected chi connectivity index (χ0v) is 20.2. The highest BCUT2D eigenvalue weighted by atomic mass is 32.2. The van der Waals surface area contributed by atoms with Crippen LogP contribution in [0.1, 0.15) is 110 Å². The van der Waals surface area contributed by atoms with Crippen LogP contribution in [0, 0.1) is 0 Å². The average molecular weight is 432 g/mol. The normalized spacial score (nSPS) is 12.2. The minimum atomic E-state index is 0.0158. The molecule has 0 aromatic heterocycles. The standard InChI is InChI=1S/C24H49NO3S/c1-3-5-7-9-12-16-22-29-23(17-13-8-6-4-2)24(27)28-21-15-11-10-14-18-25-19-20-26/h23,25-26H,3-22H2,1-2H3. The van der Waals surface area contributed by atoms with Crippen molar-refractivity contribution in [2.24, 2.45) is 0 Å². The molecule has 0 aliphatic heterocycles. The van der Waals surface area contributed by atoms with Crippen LogP contribution in [0.25, 0.3) is 0 Å². The predicted octanol–water partition coefficient (Wildman–Crippen LogP) is 6.10. The van der Waals surface area contributed by atoms with E-state index in [2.05, 4.69) is 19.2 Å². The number of carbonyl (C=O) groups is 1. The maximum atomic E-state index is 12.5. The Bertz CT molecular complexity index is 342. The van der Waals surface area contributed by atoms with Crippen molar-refractivity contribution in [2.75, 3.05) is 32.1 Å². The minimum Gasteiger partial charge on any atom is -0.465 e. The predicted molar refractivity (Wildman–Crippen MR) is 128 cm³/mol. The van der Waals surface area contributed by atoms with Crippen molar-refractivity contribution in [1.29, 1.82) is 0 Å². The molecule has 0 spiro atoms. The molecular formula is C24H49NO3S. The van der Waals surface area contributed by atoms with Gasteiger partial charge in [-0.3, -0.25) is 4.79 Å². The van der Waals surface area contributed by atoms with Crippen LogP contribution in [0.3, 0.4) is 0 Å². The number of hydrogen-bond donors (Lipinski definition) is 2. The van der Waals surface area contributed by atoms with E-state index in [1.54, 1.807) is 0 Å². The number of thioether (sulfide) groups is 1. The number of aliphatic hydroxyl groups excluding tert-OH is 1. The van der Waals surface area contributed by atoms with Crippen molar-refractivity contribution < 1.29 is 14.6 Å². The molecule has 0 aliphatic rings. The molecule has 0 saturated heterocycles. The summed E-state index contributed by atoms with van der Waals surface area (Å²) in [6, 6.07) is 0. The van der Waals surface area contributed by atoms with Gasteiger partial charge >= 0.3 is 5.97 Å². The van der Waals surface area contributed by atoms with Crippen molar-refractivity contribution in [3.05, 3.63) is 0 Å². The fourth-order valence-corrected chi connectivity index (χ4v) is 4.50. The van der Waals surface area contributed by atoms with Crippen LogP contribution in [0.2, 0.25) is 0 Å². The Morgan fingerprint density at radius 2 is 1.45 bits per heavy atom. The largest absolute Gasteiger partial charge is 0.465 e. The number of esters is 1. The van der Waals surface area contributed by atoms with Crippen molar-refractivity contribution >= 4 is 17.7 Å². The molecule has 29 heavy (non-hydrogen) atoms. The van der Waals surface area contributed by atoms with Gasteiger partial charge in [0.1, 0.15) is 5.25 Å². The summed E-state index contributed by atoms with van der Waals surface area (Å²) < 4.78 is 5.61. The second-order valence-electron chi connectivity index (χ2n) is 8.03. The lowest BCUT2D eigenvalue weighted by Gasteiger charge is -2.16. The monoisotopic (exact) mass is 431 g/mol. The number of unbranched alkanes of at least 4 members (excludes halogenated alkanes) is 11. The number of hydrogen-bond acceptors (Lipinski definition) is 5. The third-order valence-corrected chi connectivity index (χ3v) is 6.54. The number of rotatable bonds is 23. The molecule has 0 heterocycles. The summed E-state index contributed by atoms with van der Waals surface area (Å²) in [6.07, 6.45) is 18.0. The fourth-order valence-electron chi connectivity index (χ4n) is 3.31. The molecular weight excluding hydrogens is 382 g/mol. The third kappa shape index (κ3) is 20.8. The van der Waals surface area contributed by atoms with Crippen LogP contribution in [0.5, 0.6) is 0 Å². The van der Waals surface area contributed by atoms with Gasteiger partial charge in [0.15, 0.2) is 0 Å². The summed E-state index contributed by atoms with van der Waals surface area (Å²) in [4.78, 5) is 12.5. The van der Waals surface area contributed by atoms with Crippen LogP contribution in [0.4, 0.5) is 0 Å². The molecule has 0 amide bonds. The van der Waals surface area contributed by atoms with E-state index in [1.165, 1.54) is 57.8 Å². The van der Waals surface area contributed by atoms with E-state index >= 15 is 0 Å². The zero-order valence-electron chi connectivity index (χ0n) is 19.4. The highest BCUT2D eigenvalue weighted by molar-refractivity contribution is 8.00. The van der Waals surface area contributed by atoms with Crippen LogP contribution in [-0.2, 0) is 9.53 Å². The molecule has 0 saturated carbocycles. The van der Waals surface area contributed by atoms with E-state index in [0.717, 1.165) is 50.8 Å². The zero-order chi connectivity index (χ0) is 21.4. The Hall–Kier alpha value is -0.260. The molecule has 0 bridgehead atoms. The lowest BCUT2D eigenvalue weighted by Crippen LogP contribution is -2.21. The quantitative estimate of drug-likeness (QED) is 0.151. The first kappa shape index (κ1) is 28.7. The summed E-state index contributed by atoms with van der Waals surface area (Å²) in [5.74, 6) is 1.10.